The molecule has 6 nitrogen and oxygen atoms in total. The number of hydrogen-bond acceptors (Lipinski definition) is 5. The Balaban J connectivity index is 1.44. The van der Waals surface area contributed by atoms with Crippen LogP contribution in [0, 0.1) is 6.92 Å². The van der Waals surface area contributed by atoms with E-state index in [-0.39, 0.29) is 12.5 Å². The number of rotatable bonds is 6. The maximum atomic E-state index is 12.2. The zero-order chi connectivity index (χ0) is 20.1. The second kappa shape index (κ2) is 8.39. The molecule has 0 saturated carbocycles. The fraction of sp³-hybridized carbons (Fsp3) is 0.0870. The van der Waals surface area contributed by atoms with E-state index in [1.165, 1.54) is 0 Å². The minimum atomic E-state index is -0.253. The summed E-state index contributed by atoms with van der Waals surface area (Å²) < 4.78 is 10.9. The highest BCUT2D eigenvalue weighted by Crippen LogP contribution is 2.24. The maximum Gasteiger partial charge on any atom is 0.262 e. The van der Waals surface area contributed by atoms with Gasteiger partial charge in [0.05, 0.1) is 0 Å². The molecule has 0 spiro atoms. The van der Waals surface area contributed by atoms with Gasteiger partial charge in [-0.1, -0.05) is 53.2 Å². The van der Waals surface area contributed by atoms with Crippen LogP contribution in [0.1, 0.15) is 5.56 Å². The average Bonchev–Trinajstić information content (AvgIpc) is 3.24. The molecule has 0 aliphatic heterocycles. The molecule has 3 aromatic carbocycles. The number of aromatic nitrogens is 2. The second-order valence-electron chi connectivity index (χ2n) is 6.52. The van der Waals surface area contributed by atoms with E-state index < -0.39 is 0 Å². The second-order valence-corrected chi connectivity index (χ2v) is 6.52. The molecule has 1 heterocycles. The number of ether oxygens (including phenoxy) is 1. The Labute approximate surface area is 168 Å². The molecule has 4 aromatic rings. The summed E-state index contributed by atoms with van der Waals surface area (Å²) in [6, 6.07) is 24.3. The number of para-hydroxylation sites is 1. The van der Waals surface area contributed by atoms with E-state index in [2.05, 4.69) is 15.5 Å². The summed E-state index contributed by atoms with van der Waals surface area (Å²) in [5, 5.41) is 6.88. The SMILES string of the molecule is Cc1cccc(-c2noc(-c3cccc(NC(=O)COc4ccccc4)c3)n2)c1. The zero-order valence-electron chi connectivity index (χ0n) is 15.8. The van der Waals surface area contributed by atoms with Gasteiger partial charge in [-0.15, -0.1) is 0 Å². The first kappa shape index (κ1) is 18.4. The summed E-state index contributed by atoms with van der Waals surface area (Å²) in [5.41, 5.74) is 3.36. The summed E-state index contributed by atoms with van der Waals surface area (Å²) >= 11 is 0. The number of anilines is 1. The zero-order valence-corrected chi connectivity index (χ0v) is 15.8. The molecule has 1 N–H and O–H groups in total. The molecule has 6 heteroatoms. The van der Waals surface area contributed by atoms with E-state index in [0.717, 1.165) is 16.7 Å². The van der Waals surface area contributed by atoms with Crippen molar-refractivity contribution in [2.75, 3.05) is 11.9 Å². The van der Waals surface area contributed by atoms with Crippen molar-refractivity contribution in [3.05, 3.63) is 84.4 Å². The molecular weight excluding hydrogens is 366 g/mol. The first-order valence-electron chi connectivity index (χ1n) is 9.16. The molecule has 0 bridgehead atoms. The van der Waals surface area contributed by atoms with E-state index in [0.29, 0.717) is 23.2 Å². The van der Waals surface area contributed by atoms with E-state index in [9.17, 15) is 4.79 Å². The van der Waals surface area contributed by atoms with Gasteiger partial charge >= 0.3 is 0 Å². The molecule has 0 atom stereocenters. The molecule has 0 aliphatic carbocycles. The Morgan fingerprint density at radius 3 is 2.59 bits per heavy atom. The van der Waals surface area contributed by atoms with Crippen molar-refractivity contribution in [3.63, 3.8) is 0 Å². The van der Waals surface area contributed by atoms with Crippen LogP contribution in [-0.2, 0) is 4.79 Å². The van der Waals surface area contributed by atoms with Crippen molar-refractivity contribution >= 4 is 11.6 Å². The largest absolute Gasteiger partial charge is 0.484 e. The Morgan fingerprint density at radius 1 is 0.966 bits per heavy atom. The third kappa shape index (κ3) is 4.68. The lowest BCUT2D eigenvalue weighted by Crippen LogP contribution is -2.20. The van der Waals surface area contributed by atoms with Crippen LogP contribution in [0.2, 0.25) is 0 Å². The monoisotopic (exact) mass is 385 g/mol. The number of hydrogen-bond donors (Lipinski definition) is 1. The van der Waals surface area contributed by atoms with Crippen molar-refractivity contribution in [2.24, 2.45) is 0 Å². The van der Waals surface area contributed by atoms with Gasteiger partial charge in [-0.25, -0.2) is 0 Å². The molecule has 0 saturated heterocycles. The van der Waals surface area contributed by atoms with Gasteiger partial charge in [-0.05, 0) is 43.3 Å². The quantitative estimate of drug-likeness (QED) is 0.519. The standard InChI is InChI=1S/C23H19N3O3/c1-16-7-5-8-17(13-16)22-25-23(29-26-22)18-9-6-10-19(14-18)24-21(27)15-28-20-11-3-2-4-12-20/h2-14H,15H2,1H3,(H,24,27). The minimum Gasteiger partial charge on any atom is -0.484 e. The van der Waals surface area contributed by atoms with Crippen molar-refractivity contribution in [1.29, 1.82) is 0 Å². The van der Waals surface area contributed by atoms with Crippen LogP contribution in [-0.4, -0.2) is 22.7 Å². The number of amides is 1. The molecule has 0 fully saturated rings. The number of benzene rings is 3. The summed E-state index contributed by atoms with van der Waals surface area (Å²) in [6.45, 7) is 1.93. The predicted octanol–water partition coefficient (Wildman–Crippen LogP) is 4.73. The Hall–Kier alpha value is -3.93. The third-order valence-electron chi connectivity index (χ3n) is 4.21. The maximum absolute atomic E-state index is 12.2. The van der Waals surface area contributed by atoms with Gasteiger partial charge in [0, 0.05) is 16.8 Å². The lowest BCUT2D eigenvalue weighted by atomic mass is 10.1. The highest BCUT2D eigenvalue weighted by atomic mass is 16.5. The third-order valence-corrected chi connectivity index (χ3v) is 4.21. The van der Waals surface area contributed by atoms with Crippen molar-refractivity contribution < 1.29 is 14.1 Å². The predicted molar refractivity (Wildman–Crippen MR) is 110 cm³/mol. The molecule has 1 amide bonds. The Morgan fingerprint density at radius 2 is 1.76 bits per heavy atom. The fourth-order valence-electron chi connectivity index (χ4n) is 2.83. The van der Waals surface area contributed by atoms with Gasteiger partial charge in [0.1, 0.15) is 5.75 Å². The van der Waals surface area contributed by atoms with Crippen LogP contribution in [0.4, 0.5) is 5.69 Å². The summed E-state index contributed by atoms with van der Waals surface area (Å²) in [7, 11) is 0. The number of nitrogens with one attached hydrogen (secondary N) is 1. The first-order valence-corrected chi connectivity index (χ1v) is 9.16. The van der Waals surface area contributed by atoms with Gasteiger partial charge in [0.25, 0.3) is 11.8 Å². The Kier molecular flexibility index (Phi) is 5.33. The average molecular weight is 385 g/mol. The van der Waals surface area contributed by atoms with E-state index in [4.69, 9.17) is 9.26 Å². The van der Waals surface area contributed by atoms with Crippen LogP contribution in [0.25, 0.3) is 22.8 Å². The molecule has 0 radical (unpaired) electrons. The molecule has 0 unspecified atom stereocenters. The molecule has 1 aromatic heterocycles. The van der Waals surface area contributed by atoms with Gasteiger partial charge < -0.3 is 14.6 Å². The van der Waals surface area contributed by atoms with E-state index >= 15 is 0 Å². The first-order chi connectivity index (χ1) is 14.2. The van der Waals surface area contributed by atoms with E-state index in [1.54, 1.807) is 24.3 Å². The van der Waals surface area contributed by atoms with Gasteiger partial charge in [0.2, 0.25) is 5.82 Å². The van der Waals surface area contributed by atoms with Crippen molar-refractivity contribution in [1.82, 2.24) is 10.1 Å². The lowest BCUT2D eigenvalue weighted by molar-refractivity contribution is -0.118. The smallest absolute Gasteiger partial charge is 0.262 e. The number of carbonyl (C=O) groups excluding carboxylic acids is 1. The lowest BCUT2D eigenvalue weighted by Gasteiger charge is -2.08. The number of nitrogens with zero attached hydrogens (tertiary/aromatic N) is 2. The highest BCUT2D eigenvalue weighted by Gasteiger charge is 2.12. The molecule has 0 aliphatic rings. The fourth-order valence-corrected chi connectivity index (χ4v) is 2.83. The normalized spacial score (nSPS) is 10.5. The summed E-state index contributed by atoms with van der Waals surface area (Å²) in [6.07, 6.45) is 0. The van der Waals surface area contributed by atoms with Crippen molar-refractivity contribution in [2.45, 2.75) is 6.92 Å². The molecule has 144 valence electrons. The number of carbonyl (C=O) groups is 1. The van der Waals surface area contributed by atoms with Crippen LogP contribution < -0.4 is 10.1 Å². The van der Waals surface area contributed by atoms with Crippen molar-refractivity contribution in [3.8, 4) is 28.6 Å². The van der Waals surface area contributed by atoms with Crippen LogP contribution >= 0.6 is 0 Å². The molecule has 4 rings (SSSR count). The minimum absolute atomic E-state index is 0.0771. The molecule has 29 heavy (non-hydrogen) atoms. The van der Waals surface area contributed by atoms with Gasteiger partial charge in [-0.3, -0.25) is 4.79 Å². The highest BCUT2D eigenvalue weighted by molar-refractivity contribution is 5.92. The van der Waals surface area contributed by atoms with Crippen LogP contribution in [0.15, 0.2) is 83.4 Å². The van der Waals surface area contributed by atoms with Crippen LogP contribution in [0.3, 0.4) is 0 Å². The van der Waals surface area contributed by atoms with Gasteiger partial charge in [-0.2, -0.15) is 4.98 Å². The number of aryl methyl sites for hydroxylation is 1. The Bertz CT molecular complexity index is 1120. The topological polar surface area (TPSA) is 77.2 Å². The summed E-state index contributed by atoms with van der Waals surface area (Å²) in [4.78, 5) is 16.6. The van der Waals surface area contributed by atoms with Crippen LogP contribution in [0.5, 0.6) is 5.75 Å². The molecular formula is C23H19N3O3. The van der Waals surface area contributed by atoms with Gasteiger partial charge in [0.15, 0.2) is 6.61 Å². The summed E-state index contributed by atoms with van der Waals surface area (Å²) in [5.74, 6) is 1.30. The van der Waals surface area contributed by atoms with E-state index in [1.807, 2.05) is 61.5 Å².